The normalized spacial score (nSPS) is 15.4. The summed E-state index contributed by atoms with van der Waals surface area (Å²) in [6.45, 7) is -0.701. The number of hydrogen-bond donors (Lipinski definition) is 2. The van der Waals surface area contributed by atoms with Crippen LogP contribution in [0.3, 0.4) is 0 Å². The van der Waals surface area contributed by atoms with E-state index in [4.69, 9.17) is 5.11 Å². The lowest BCUT2D eigenvalue weighted by Crippen LogP contribution is -2.63. The highest BCUT2D eigenvalue weighted by atomic mass is 19.4. The van der Waals surface area contributed by atoms with Crippen molar-refractivity contribution in [2.24, 2.45) is 0 Å². The van der Waals surface area contributed by atoms with Gasteiger partial charge in [0, 0.05) is 13.6 Å². The van der Waals surface area contributed by atoms with E-state index in [1.54, 1.807) is 0 Å². The van der Waals surface area contributed by atoms with Gasteiger partial charge in [-0.2, -0.15) is 26.3 Å². The average molecular weight is 310 g/mol. The zero-order valence-corrected chi connectivity index (χ0v) is 10.4. The summed E-state index contributed by atoms with van der Waals surface area (Å²) in [6.07, 6.45) is -11.3. The van der Waals surface area contributed by atoms with E-state index in [9.17, 15) is 35.9 Å². The van der Waals surface area contributed by atoms with Gasteiger partial charge in [0.15, 0.2) is 0 Å². The first-order valence-electron chi connectivity index (χ1n) is 5.11. The van der Waals surface area contributed by atoms with E-state index in [1.807, 2.05) is 0 Å². The topological polar surface area (TPSA) is 69.6 Å². The minimum atomic E-state index is -5.31. The number of hydrogen-bond acceptors (Lipinski definition) is 2. The van der Waals surface area contributed by atoms with Crippen LogP contribution in [0, 0.1) is 0 Å². The Morgan fingerprint density at radius 1 is 1.15 bits per heavy atom. The molecule has 1 unspecified atom stereocenters. The molecule has 2 amide bonds. The number of halogens is 6. The minimum Gasteiger partial charge on any atom is -0.479 e. The Balaban J connectivity index is 4.84. The van der Waals surface area contributed by atoms with E-state index >= 15 is 0 Å². The number of aliphatic carboxylic acids is 1. The second kappa shape index (κ2) is 5.75. The van der Waals surface area contributed by atoms with Crippen molar-refractivity contribution in [1.29, 1.82) is 0 Å². The van der Waals surface area contributed by atoms with Crippen LogP contribution in [0.1, 0.15) is 13.3 Å². The fourth-order valence-corrected chi connectivity index (χ4v) is 0.951. The molecule has 1 atom stereocenters. The highest BCUT2D eigenvalue weighted by molar-refractivity contribution is 5.86. The maximum Gasteiger partial charge on any atom is 0.422 e. The second-order valence-electron chi connectivity index (χ2n) is 4.14. The molecule has 20 heavy (non-hydrogen) atoms. The summed E-state index contributed by atoms with van der Waals surface area (Å²) in [7, 11) is 0.819. The van der Waals surface area contributed by atoms with Crippen LogP contribution in [-0.4, -0.2) is 53.5 Å². The third-order valence-electron chi connectivity index (χ3n) is 2.43. The third-order valence-corrected chi connectivity index (χ3v) is 2.43. The molecular formula is C9H12F6N2O3. The van der Waals surface area contributed by atoms with E-state index in [0.29, 0.717) is 4.90 Å². The molecule has 0 aliphatic rings. The Labute approximate surface area is 109 Å². The van der Waals surface area contributed by atoms with Crippen LogP contribution in [0.4, 0.5) is 31.1 Å². The van der Waals surface area contributed by atoms with Crippen LogP contribution < -0.4 is 5.32 Å². The number of rotatable bonds is 4. The van der Waals surface area contributed by atoms with Crippen LogP contribution in [0.15, 0.2) is 0 Å². The number of carbonyl (C=O) groups is 2. The molecule has 0 aromatic rings. The van der Waals surface area contributed by atoms with Gasteiger partial charge in [-0.25, -0.2) is 9.59 Å². The predicted molar refractivity (Wildman–Crippen MR) is 53.9 cm³/mol. The van der Waals surface area contributed by atoms with Crippen molar-refractivity contribution in [2.75, 3.05) is 13.6 Å². The standard InChI is InChI=1S/C9H12F6N2O3/c1-7(5(18)19,9(13,14)15)16-6(20)17(2)4-3-8(10,11)12/h3-4H2,1-2H3,(H,16,20)(H,18,19). The smallest absolute Gasteiger partial charge is 0.422 e. The zero-order valence-electron chi connectivity index (χ0n) is 10.4. The van der Waals surface area contributed by atoms with Crippen LogP contribution in [-0.2, 0) is 4.79 Å². The van der Waals surface area contributed by atoms with Crippen molar-refractivity contribution >= 4 is 12.0 Å². The lowest BCUT2D eigenvalue weighted by molar-refractivity contribution is -0.203. The number of amides is 2. The number of nitrogens with zero attached hydrogens (tertiary/aromatic N) is 1. The third kappa shape index (κ3) is 4.78. The van der Waals surface area contributed by atoms with Gasteiger partial charge in [-0.15, -0.1) is 0 Å². The monoisotopic (exact) mass is 310 g/mol. The zero-order chi connectivity index (χ0) is 16.4. The quantitative estimate of drug-likeness (QED) is 0.780. The van der Waals surface area contributed by atoms with E-state index in [2.05, 4.69) is 0 Å². The minimum absolute atomic E-state index is 0.199. The Morgan fingerprint density at radius 3 is 1.90 bits per heavy atom. The van der Waals surface area contributed by atoms with Crippen molar-refractivity contribution < 1.29 is 41.0 Å². The fourth-order valence-electron chi connectivity index (χ4n) is 0.951. The molecule has 5 nitrogen and oxygen atoms in total. The summed E-state index contributed by atoms with van der Waals surface area (Å²) < 4.78 is 73.4. The van der Waals surface area contributed by atoms with Gasteiger partial charge < -0.3 is 15.3 Å². The molecule has 0 aromatic heterocycles. The summed E-state index contributed by atoms with van der Waals surface area (Å²) >= 11 is 0. The molecule has 0 spiro atoms. The van der Waals surface area contributed by atoms with Crippen molar-refractivity contribution in [2.45, 2.75) is 31.2 Å². The van der Waals surface area contributed by atoms with Crippen molar-refractivity contribution in [3.63, 3.8) is 0 Å². The van der Waals surface area contributed by atoms with Gasteiger partial charge in [-0.05, 0) is 6.92 Å². The first kappa shape index (κ1) is 18.3. The number of carboxylic acids is 1. The predicted octanol–water partition coefficient (Wildman–Crippen LogP) is 1.99. The Hall–Kier alpha value is -1.68. The van der Waals surface area contributed by atoms with E-state index in [-0.39, 0.29) is 6.92 Å². The average Bonchev–Trinajstić information content (AvgIpc) is 2.22. The van der Waals surface area contributed by atoms with E-state index in [0.717, 1.165) is 12.4 Å². The molecule has 0 aromatic carbocycles. The van der Waals surface area contributed by atoms with Crippen molar-refractivity contribution in [3.8, 4) is 0 Å². The Morgan fingerprint density at radius 2 is 1.60 bits per heavy atom. The first-order valence-corrected chi connectivity index (χ1v) is 5.11. The SMILES string of the molecule is CN(CCC(F)(F)F)C(=O)NC(C)(C(=O)O)C(F)(F)F. The van der Waals surface area contributed by atoms with Crippen LogP contribution in [0.2, 0.25) is 0 Å². The molecule has 0 aliphatic carbocycles. The van der Waals surface area contributed by atoms with E-state index < -0.39 is 42.9 Å². The molecule has 0 fully saturated rings. The summed E-state index contributed by atoms with van der Waals surface area (Å²) in [5.74, 6) is -2.37. The van der Waals surface area contributed by atoms with Gasteiger partial charge in [-0.3, -0.25) is 0 Å². The van der Waals surface area contributed by atoms with Crippen molar-refractivity contribution in [1.82, 2.24) is 10.2 Å². The Bertz CT molecular complexity index is 381. The van der Waals surface area contributed by atoms with Gasteiger partial charge in [0.1, 0.15) is 0 Å². The number of carbonyl (C=O) groups excluding carboxylic acids is 1. The maximum absolute atomic E-state index is 12.6. The van der Waals surface area contributed by atoms with Gasteiger partial charge in [0.2, 0.25) is 5.54 Å². The number of alkyl halides is 6. The number of nitrogens with one attached hydrogen (secondary N) is 1. The lowest BCUT2D eigenvalue weighted by atomic mass is 10.0. The molecule has 0 saturated heterocycles. The first-order chi connectivity index (χ1) is 8.71. The summed E-state index contributed by atoms with van der Waals surface area (Å²) in [4.78, 5) is 22.2. The highest BCUT2D eigenvalue weighted by Crippen LogP contribution is 2.30. The largest absolute Gasteiger partial charge is 0.479 e. The molecule has 11 heteroatoms. The van der Waals surface area contributed by atoms with Crippen LogP contribution in [0.25, 0.3) is 0 Å². The number of carboxylic acid groups (broad SMARTS) is 1. The molecule has 0 rings (SSSR count). The summed E-state index contributed by atoms with van der Waals surface area (Å²) in [5, 5.41) is 9.69. The molecule has 0 heterocycles. The summed E-state index contributed by atoms with van der Waals surface area (Å²) in [6, 6.07) is -1.57. The van der Waals surface area contributed by atoms with Gasteiger partial charge in [-0.1, -0.05) is 0 Å². The molecular weight excluding hydrogens is 298 g/mol. The molecule has 0 saturated carbocycles. The van der Waals surface area contributed by atoms with Gasteiger partial charge in [0.25, 0.3) is 0 Å². The van der Waals surface area contributed by atoms with Gasteiger partial charge >= 0.3 is 24.4 Å². The second-order valence-corrected chi connectivity index (χ2v) is 4.14. The lowest BCUT2D eigenvalue weighted by Gasteiger charge is -2.30. The molecule has 0 radical (unpaired) electrons. The van der Waals surface area contributed by atoms with Gasteiger partial charge in [0.05, 0.1) is 6.42 Å². The molecule has 0 bridgehead atoms. The molecule has 118 valence electrons. The van der Waals surface area contributed by atoms with E-state index in [1.165, 1.54) is 0 Å². The fraction of sp³-hybridized carbons (Fsp3) is 0.778. The molecule has 2 N–H and O–H groups in total. The number of urea groups is 1. The van der Waals surface area contributed by atoms with Crippen LogP contribution in [0.5, 0.6) is 0 Å². The molecule has 0 aliphatic heterocycles. The maximum atomic E-state index is 12.6. The van der Waals surface area contributed by atoms with Crippen LogP contribution >= 0.6 is 0 Å². The highest BCUT2D eigenvalue weighted by Gasteiger charge is 2.58. The Kier molecular flexibility index (Phi) is 5.27. The van der Waals surface area contributed by atoms with Crippen molar-refractivity contribution in [3.05, 3.63) is 0 Å². The summed E-state index contributed by atoms with van der Waals surface area (Å²) in [5.41, 5.74) is -3.59.